The number of aryl methyl sites for hydroxylation is 1. The summed E-state index contributed by atoms with van der Waals surface area (Å²) >= 11 is 19.3. The number of carbonyl (C=O) groups is 1. The Bertz CT molecular complexity index is 2000. The highest BCUT2D eigenvalue weighted by molar-refractivity contribution is 6.38. The summed E-state index contributed by atoms with van der Waals surface area (Å²) in [5.41, 5.74) is 7.13. The van der Waals surface area contributed by atoms with Gasteiger partial charge in [-0.05, 0) is 56.5 Å². The van der Waals surface area contributed by atoms with Crippen LogP contribution in [0.4, 0.5) is 15.8 Å². The molecule has 0 bridgehead atoms. The Hall–Kier alpha value is -4.17. The summed E-state index contributed by atoms with van der Waals surface area (Å²) in [6.45, 7) is 13.7. The standard InChI is InChI=1S/C33H31Cl3FN7O2/c1-7-24(45)43-17(5)13-42(14-18(43)6)31-19-10-23(36)29(25-26(37)21(34)11-22(35)27(25)39)41-32(19)44(33(46)20(31)12-38)30-16(4)8-9-40-28(30)15(2)3/h7-11,15,17-18H,1,13-14,39H2,2-6H3/t17-,18+. The van der Waals surface area contributed by atoms with Crippen LogP contribution < -0.4 is 16.2 Å². The number of amides is 1. The van der Waals surface area contributed by atoms with Gasteiger partial charge in [-0.1, -0.05) is 55.2 Å². The fourth-order valence-electron chi connectivity index (χ4n) is 6.25. The zero-order chi connectivity index (χ0) is 33.8. The van der Waals surface area contributed by atoms with Crippen molar-refractivity contribution in [3.05, 3.63) is 85.1 Å². The Morgan fingerprint density at radius 3 is 2.39 bits per heavy atom. The SMILES string of the molecule is C=CC(=O)N1[C@H](C)CN(c2c(C#N)c(=O)n(-c3c(C)ccnc3C(C)C)c3nc(-c4c(N)c(Cl)cc(Cl)c4F)c(Cl)cc23)C[C@@H]1C. The maximum absolute atomic E-state index is 15.6. The number of anilines is 2. The van der Waals surface area contributed by atoms with E-state index < -0.39 is 11.4 Å². The van der Waals surface area contributed by atoms with Crippen LogP contribution in [0, 0.1) is 24.1 Å². The lowest BCUT2D eigenvalue weighted by atomic mass is 10.0. The van der Waals surface area contributed by atoms with Crippen LogP contribution in [-0.4, -0.2) is 50.5 Å². The molecule has 0 spiro atoms. The molecule has 5 rings (SSSR count). The lowest BCUT2D eigenvalue weighted by molar-refractivity contribution is -0.130. The highest BCUT2D eigenvalue weighted by Gasteiger charge is 2.35. The second-order valence-electron chi connectivity index (χ2n) is 11.7. The summed E-state index contributed by atoms with van der Waals surface area (Å²) in [7, 11) is 0. The number of aromatic nitrogens is 3. The molecule has 46 heavy (non-hydrogen) atoms. The van der Waals surface area contributed by atoms with Crippen LogP contribution in [-0.2, 0) is 4.79 Å². The number of nitrogens with two attached hydrogens (primary N) is 1. The number of piperazine rings is 1. The molecule has 238 valence electrons. The number of nitriles is 1. The minimum absolute atomic E-state index is 0.00242. The first-order valence-electron chi connectivity index (χ1n) is 14.5. The van der Waals surface area contributed by atoms with E-state index >= 15 is 4.39 Å². The number of hydrogen-bond acceptors (Lipinski definition) is 7. The predicted octanol–water partition coefficient (Wildman–Crippen LogP) is 7.04. The second kappa shape index (κ2) is 12.6. The number of benzene rings is 1. The van der Waals surface area contributed by atoms with Gasteiger partial charge in [-0.15, -0.1) is 0 Å². The third-order valence-corrected chi connectivity index (χ3v) is 9.10. The quantitative estimate of drug-likeness (QED) is 0.136. The summed E-state index contributed by atoms with van der Waals surface area (Å²) in [6, 6.07) is 6.02. The topological polar surface area (TPSA) is 121 Å². The van der Waals surface area contributed by atoms with Crippen molar-refractivity contribution in [2.24, 2.45) is 0 Å². The molecular weight excluding hydrogens is 652 g/mol. The average Bonchev–Trinajstić information content (AvgIpc) is 2.99. The molecule has 2 N–H and O–H groups in total. The molecule has 1 aliphatic heterocycles. The molecule has 13 heteroatoms. The molecular formula is C33H31Cl3FN7O2. The van der Waals surface area contributed by atoms with E-state index in [-0.39, 0.29) is 67.1 Å². The van der Waals surface area contributed by atoms with Crippen molar-refractivity contribution in [1.82, 2.24) is 19.4 Å². The van der Waals surface area contributed by atoms with Crippen molar-refractivity contribution in [1.29, 1.82) is 5.26 Å². The summed E-state index contributed by atoms with van der Waals surface area (Å²) in [6.07, 6.45) is 2.91. The van der Waals surface area contributed by atoms with E-state index in [1.54, 1.807) is 17.2 Å². The first kappa shape index (κ1) is 33.2. The van der Waals surface area contributed by atoms with E-state index in [2.05, 4.69) is 17.6 Å². The van der Waals surface area contributed by atoms with Gasteiger partial charge in [-0.25, -0.2) is 9.37 Å². The molecule has 0 aliphatic carbocycles. The van der Waals surface area contributed by atoms with Gasteiger partial charge >= 0.3 is 0 Å². The maximum Gasteiger partial charge on any atom is 0.276 e. The van der Waals surface area contributed by atoms with E-state index in [1.165, 1.54) is 22.8 Å². The van der Waals surface area contributed by atoms with Crippen molar-refractivity contribution >= 4 is 63.1 Å². The molecule has 0 radical (unpaired) electrons. The van der Waals surface area contributed by atoms with Gasteiger partial charge in [0.1, 0.15) is 17.3 Å². The lowest BCUT2D eigenvalue weighted by Gasteiger charge is -2.45. The number of rotatable bonds is 5. The highest BCUT2D eigenvalue weighted by atomic mass is 35.5. The lowest BCUT2D eigenvalue weighted by Crippen LogP contribution is -2.58. The Morgan fingerprint density at radius 2 is 1.80 bits per heavy atom. The van der Waals surface area contributed by atoms with Crippen LogP contribution in [0.2, 0.25) is 15.1 Å². The van der Waals surface area contributed by atoms with Crippen LogP contribution in [0.3, 0.4) is 0 Å². The Labute approximate surface area is 280 Å². The third-order valence-electron chi connectivity index (χ3n) is 8.22. The van der Waals surface area contributed by atoms with E-state index in [0.29, 0.717) is 41.1 Å². The van der Waals surface area contributed by atoms with Crippen molar-refractivity contribution in [3.8, 4) is 23.0 Å². The van der Waals surface area contributed by atoms with Gasteiger partial charge in [0.2, 0.25) is 5.91 Å². The Kier molecular flexibility index (Phi) is 9.06. The normalized spacial score (nSPS) is 16.6. The molecule has 9 nitrogen and oxygen atoms in total. The monoisotopic (exact) mass is 681 g/mol. The van der Waals surface area contributed by atoms with Crippen molar-refractivity contribution in [2.75, 3.05) is 23.7 Å². The smallest absolute Gasteiger partial charge is 0.276 e. The van der Waals surface area contributed by atoms with Crippen molar-refractivity contribution < 1.29 is 9.18 Å². The van der Waals surface area contributed by atoms with E-state index in [9.17, 15) is 14.9 Å². The molecule has 1 aliphatic rings. The summed E-state index contributed by atoms with van der Waals surface area (Å²) in [5, 5.41) is 10.6. The van der Waals surface area contributed by atoms with Gasteiger partial charge in [0.15, 0.2) is 5.82 Å². The van der Waals surface area contributed by atoms with Gasteiger partial charge < -0.3 is 15.5 Å². The fourth-order valence-corrected chi connectivity index (χ4v) is 6.96. The number of pyridine rings is 3. The van der Waals surface area contributed by atoms with E-state index in [1.807, 2.05) is 39.5 Å². The zero-order valence-electron chi connectivity index (χ0n) is 25.8. The summed E-state index contributed by atoms with van der Waals surface area (Å²) in [5.74, 6) is -1.22. The first-order valence-corrected chi connectivity index (χ1v) is 15.6. The molecule has 4 heterocycles. The number of fused-ring (bicyclic) bond motifs is 1. The van der Waals surface area contributed by atoms with Crippen LogP contribution in [0.15, 0.2) is 41.8 Å². The summed E-state index contributed by atoms with van der Waals surface area (Å²) in [4.78, 5) is 40.2. The van der Waals surface area contributed by atoms with Crippen LogP contribution in [0.1, 0.15) is 50.4 Å². The number of nitrogens with zero attached hydrogens (tertiary/aromatic N) is 6. The largest absolute Gasteiger partial charge is 0.397 e. The average molecular weight is 683 g/mol. The number of halogens is 4. The van der Waals surface area contributed by atoms with E-state index in [0.717, 1.165) is 0 Å². The van der Waals surface area contributed by atoms with Gasteiger partial charge in [0.05, 0.1) is 49.1 Å². The molecule has 0 saturated carbocycles. The van der Waals surface area contributed by atoms with E-state index in [4.69, 9.17) is 45.5 Å². The maximum atomic E-state index is 15.6. The highest BCUT2D eigenvalue weighted by Crippen LogP contribution is 2.43. The van der Waals surface area contributed by atoms with Gasteiger partial charge in [-0.3, -0.25) is 19.1 Å². The van der Waals surface area contributed by atoms with Crippen molar-refractivity contribution in [2.45, 2.75) is 52.6 Å². The van der Waals surface area contributed by atoms with Gasteiger partial charge in [0, 0.05) is 36.8 Å². The molecule has 3 aromatic heterocycles. The minimum Gasteiger partial charge on any atom is -0.397 e. The Balaban J connectivity index is 1.94. The predicted molar refractivity (Wildman–Crippen MR) is 182 cm³/mol. The van der Waals surface area contributed by atoms with Crippen LogP contribution >= 0.6 is 34.8 Å². The molecule has 1 aromatic carbocycles. The molecule has 1 saturated heterocycles. The fraction of sp³-hybridized carbons (Fsp3) is 0.303. The molecule has 0 unspecified atom stereocenters. The van der Waals surface area contributed by atoms with Crippen LogP contribution in [0.25, 0.3) is 28.0 Å². The molecule has 4 aromatic rings. The van der Waals surface area contributed by atoms with Crippen molar-refractivity contribution in [3.63, 3.8) is 0 Å². The third kappa shape index (κ3) is 5.36. The van der Waals surface area contributed by atoms with Gasteiger partial charge in [0.25, 0.3) is 5.56 Å². The van der Waals surface area contributed by atoms with Gasteiger partial charge in [-0.2, -0.15) is 5.26 Å². The number of nitrogen functional groups attached to an aromatic ring is 1. The minimum atomic E-state index is -0.883. The zero-order valence-corrected chi connectivity index (χ0v) is 28.1. The van der Waals surface area contributed by atoms with Crippen LogP contribution in [0.5, 0.6) is 0 Å². The first-order chi connectivity index (χ1) is 21.7. The number of carbonyl (C=O) groups excluding carboxylic acids is 1. The second-order valence-corrected chi connectivity index (χ2v) is 12.9. The number of hydrogen-bond donors (Lipinski definition) is 1. The Morgan fingerprint density at radius 1 is 1.15 bits per heavy atom. The molecule has 1 amide bonds. The summed E-state index contributed by atoms with van der Waals surface area (Å²) < 4.78 is 16.9. The molecule has 2 atom stereocenters. The molecule has 1 fully saturated rings.